The number of thioether (sulfide) groups is 1. The standard InChI is InChI=1S/C21H25N11O2S/c1-12(2)9-14-5-7-15(8-6-14)13(3)24-26-20(33)17-16(10-35-21-27-23-11-31(21)4)32(30-25-17)19-18(22)28-34-29-19/h5-8,11-12H,9-10H2,1-4H3,(H2,22,28)(H,26,33)/b24-13-. The van der Waals surface area contributed by atoms with Gasteiger partial charge in [0.25, 0.3) is 5.91 Å². The van der Waals surface area contributed by atoms with Gasteiger partial charge in [-0.05, 0) is 40.7 Å². The molecule has 4 aromatic rings. The van der Waals surface area contributed by atoms with E-state index in [1.807, 2.05) is 26.1 Å². The lowest BCUT2D eigenvalue weighted by molar-refractivity contribution is 0.0949. The van der Waals surface area contributed by atoms with Gasteiger partial charge in [0.1, 0.15) is 6.33 Å². The van der Waals surface area contributed by atoms with Gasteiger partial charge in [-0.3, -0.25) is 4.79 Å². The second kappa shape index (κ2) is 10.5. The Kier molecular flexibility index (Phi) is 7.19. The van der Waals surface area contributed by atoms with Crippen LogP contribution in [-0.2, 0) is 19.2 Å². The molecule has 0 fully saturated rings. The summed E-state index contributed by atoms with van der Waals surface area (Å²) in [7, 11) is 1.82. The van der Waals surface area contributed by atoms with Gasteiger partial charge in [0.05, 0.1) is 11.4 Å². The maximum atomic E-state index is 13.0. The fourth-order valence-corrected chi connectivity index (χ4v) is 4.14. The third-order valence-corrected chi connectivity index (χ3v) is 6.07. The van der Waals surface area contributed by atoms with Gasteiger partial charge in [-0.15, -0.1) is 15.3 Å². The second-order valence-corrected chi connectivity index (χ2v) is 9.16. The molecule has 1 aromatic carbocycles. The maximum absolute atomic E-state index is 13.0. The quantitative estimate of drug-likeness (QED) is 0.199. The van der Waals surface area contributed by atoms with Crippen LogP contribution in [0, 0.1) is 5.92 Å². The van der Waals surface area contributed by atoms with E-state index < -0.39 is 5.91 Å². The number of nitrogens with zero attached hydrogens (tertiary/aromatic N) is 9. The summed E-state index contributed by atoms with van der Waals surface area (Å²) in [6, 6.07) is 8.12. The van der Waals surface area contributed by atoms with E-state index in [9.17, 15) is 4.79 Å². The first-order valence-corrected chi connectivity index (χ1v) is 11.8. The molecule has 182 valence electrons. The van der Waals surface area contributed by atoms with E-state index in [0.29, 0.717) is 22.5 Å². The smallest absolute Gasteiger partial charge is 0.293 e. The maximum Gasteiger partial charge on any atom is 0.293 e. The lowest BCUT2D eigenvalue weighted by Gasteiger charge is -2.07. The van der Waals surface area contributed by atoms with Crippen LogP contribution in [0.25, 0.3) is 5.82 Å². The van der Waals surface area contributed by atoms with Gasteiger partial charge in [-0.1, -0.05) is 55.1 Å². The van der Waals surface area contributed by atoms with E-state index in [-0.39, 0.29) is 23.1 Å². The number of anilines is 1. The molecule has 3 N–H and O–H groups in total. The first-order chi connectivity index (χ1) is 16.8. The summed E-state index contributed by atoms with van der Waals surface area (Å²) in [6.45, 7) is 6.18. The average molecular weight is 496 g/mol. The van der Waals surface area contributed by atoms with Crippen molar-refractivity contribution < 1.29 is 9.42 Å². The minimum atomic E-state index is -0.532. The summed E-state index contributed by atoms with van der Waals surface area (Å²) in [6.07, 6.45) is 2.58. The number of aromatic nitrogens is 8. The van der Waals surface area contributed by atoms with E-state index in [1.165, 1.54) is 22.0 Å². The predicted molar refractivity (Wildman–Crippen MR) is 129 cm³/mol. The van der Waals surface area contributed by atoms with Gasteiger partial charge in [0.15, 0.2) is 10.9 Å². The summed E-state index contributed by atoms with van der Waals surface area (Å²) in [5.74, 6) is 0.463. The van der Waals surface area contributed by atoms with Crippen molar-refractivity contribution in [3.8, 4) is 5.82 Å². The van der Waals surface area contributed by atoms with E-state index in [0.717, 1.165) is 12.0 Å². The van der Waals surface area contributed by atoms with E-state index >= 15 is 0 Å². The van der Waals surface area contributed by atoms with Crippen LogP contribution in [0.4, 0.5) is 5.82 Å². The molecule has 35 heavy (non-hydrogen) atoms. The SMILES string of the molecule is C/C(=N/NC(=O)c1nnn(-c2nonc2N)c1CSc1nncn1C)c1ccc(CC(C)C)cc1. The van der Waals surface area contributed by atoms with E-state index in [4.69, 9.17) is 5.73 Å². The predicted octanol–water partition coefficient (Wildman–Crippen LogP) is 2.01. The van der Waals surface area contributed by atoms with Crippen molar-refractivity contribution in [1.82, 2.24) is 45.5 Å². The van der Waals surface area contributed by atoms with Crippen molar-refractivity contribution in [2.45, 2.75) is 38.1 Å². The molecule has 0 spiro atoms. The fraction of sp³-hybridized carbons (Fsp3) is 0.333. The third-order valence-electron chi connectivity index (χ3n) is 5.02. The molecule has 0 bridgehead atoms. The van der Waals surface area contributed by atoms with Gasteiger partial charge < -0.3 is 10.3 Å². The molecule has 14 heteroatoms. The average Bonchev–Trinajstić information content (AvgIpc) is 3.55. The van der Waals surface area contributed by atoms with Crippen LogP contribution in [0.5, 0.6) is 0 Å². The molecule has 0 saturated carbocycles. The van der Waals surface area contributed by atoms with Gasteiger partial charge in [-0.2, -0.15) is 9.78 Å². The monoisotopic (exact) mass is 495 g/mol. The van der Waals surface area contributed by atoms with Crippen molar-refractivity contribution in [2.75, 3.05) is 5.73 Å². The summed E-state index contributed by atoms with van der Waals surface area (Å²) >= 11 is 1.34. The van der Waals surface area contributed by atoms with Crippen LogP contribution in [0.1, 0.15) is 48.1 Å². The largest absolute Gasteiger partial charge is 0.378 e. The first kappa shape index (κ1) is 24.1. The number of hydrogen-bond acceptors (Lipinski definition) is 11. The number of amides is 1. The molecular formula is C21H25N11O2S. The Balaban J connectivity index is 1.55. The number of carbonyl (C=O) groups is 1. The lowest BCUT2D eigenvalue weighted by Crippen LogP contribution is -2.21. The highest BCUT2D eigenvalue weighted by atomic mass is 32.2. The number of nitrogen functional groups attached to an aromatic ring is 1. The molecule has 0 atom stereocenters. The molecule has 0 radical (unpaired) electrons. The Morgan fingerprint density at radius 3 is 2.63 bits per heavy atom. The van der Waals surface area contributed by atoms with Crippen molar-refractivity contribution in [3.05, 3.63) is 53.1 Å². The minimum Gasteiger partial charge on any atom is -0.378 e. The topological polar surface area (TPSA) is 168 Å². The lowest BCUT2D eigenvalue weighted by atomic mass is 10.0. The number of rotatable bonds is 9. The van der Waals surface area contributed by atoms with Crippen molar-refractivity contribution in [3.63, 3.8) is 0 Å². The zero-order valence-electron chi connectivity index (χ0n) is 19.7. The zero-order valence-corrected chi connectivity index (χ0v) is 20.5. The highest BCUT2D eigenvalue weighted by molar-refractivity contribution is 7.98. The van der Waals surface area contributed by atoms with Gasteiger partial charge in [-0.25, -0.2) is 10.1 Å². The Morgan fingerprint density at radius 2 is 2.00 bits per heavy atom. The first-order valence-electron chi connectivity index (χ1n) is 10.8. The van der Waals surface area contributed by atoms with E-state index in [1.54, 1.807) is 10.9 Å². The molecular weight excluding hydrogens is 470 g/mol. The van der Waals surface area contributed by atoms with Gasteiger partial charge >= 0.3 is 0 Å². The van der Waals surface area contributed by atoms with Crippen LogP contribution in [-0.4, -0.2) is 51.7 Å². The molecule has 0 saturated heterocycles. The van der Waals surface area contributed by atoms with Crippen LogP contribution in [0.3, 0.4) is 0 Å². The molecule has 3 heterocycles. The molecule has 0 aliphatic heterocycles. The molecule has 0 aliphatic carbocycles. The molecule has 1 amide bonds. The number of carbonyl (C=O) groups excluding carboxylic acids is 1. The molecule has 13 nitrogen and oxygen atoms in total. The third kappa shape index (κ3) is 5.54. The van der Waals surface area contributed by atoms with Crippen LogP contribution in [0.15, 0.2) is 45.5 Å². The van der Waals surface area contributed by atoms with Gasteiger partial charge in [0, 0.05) is 12.8 Å². The molecule has 0 aliphatic rings. The highest BCUT2D eigenvalue weighted by Crippen LogP contribution is 2.24. The number of benzene rings is 1. The van der Waals surface area contributed by atoms with Crippen molar-refractivity contribution in [2.24, 2.45) is 18.1 Å². The number of nitrogens with one attached hydrogen (secondary N) is 1. The Morgan fingerprint density at radius 1 is 1.23 bits per heavy atom. The van der Waals surface area contributed by atoms with Crippen molar-refractivity contribution >= 4 is 29.2 Å². The normalized spacial score (nSPS) is 11.9. The minimum absolute atomic E-state index is 0.0153. The Labute approximate surface area is 205 Å². The van der Waals surface area contributed by atoms with Crippen LogP contribution >= 0.6 is 11.8 Å². The zero-order chi connectivity index (χ0) is 24.9. The number of hydrazone groups is 1. The highest BCUT2D eigenvalue weighted by Gasteiger charge is 2.24. The Bertz CT molecular complexity index is 1340. The van der Waals surface area contributed by atoms with E-state index in [2.05, 4.69) is 72.0 Å². The van der Waals surface area contributed by atoms with Crippen LogP contribution < -0.4 is 11.2 Å². The fourth-order valence-electron chi connectivity index (χ4n) is 3.26. The number of nitrogens with two attached hydrogens (primary N) is 1. The molecule has 4 rings (SSSR count). The number of hydrogen-bond donors (Lipinski definition) is 2. The number of aryl methyl sites for hydroxylation is 1. The molecule has 0 unspecified atom stereocenters. The second-order valence-electron chi connectivity index (χ2n) is 8.22. The van der Waals surface area contributed by atoms with Crippen molar-refractivity contribution in [1.29, 1.82) is 0 Å². The summed E-state index contributed by atoms with van der Waals surface area (Å²) < 4.78 is 7.75. The molecule has 3 aromatic heterocycles. The Hall–Kier alpha value is -4.07. The van der Waals surface area contributed by atoms with Gasteiger partial charge in [0.2, 0.25) is 11.6 Å². The summed E-state index contributed by atoms with van der Waals surface area (Å²) in [5, 5.41) is 28.2. The summed E-state index contributed by atoms with van der Waals surface area (Å²) in [4.78, 5) is 13.0. The van der Waals surface area contributed by atoms with Crippen LogP contribution in [0.2, 0.25) is 0 Å². The summed E-state index contributed by atoms with van der Waals surface area (Å²) in [5.41, 5.74) is 11.7.